The molecule has 0 aliphatic rings. The summed E-state index contributed by atoms with van der Waals surface area (Å²) < 4.78 is 17.6. The molecule has 0 radical (unpaired) electrons. The number of hydrogen-bond acceptors (Lipinski definition) is 4. The predicted molar refractivity (Wildman–Crippen MR) is 86.7 cm³/mol. The summed E-state index contributed by atoms with van der Waals surface area (Å²) >= 11 is 0. The molecule has 1 aromatic carbocycles. The second-order valence-electron chi connectivity index (χ2n) is 5.90. The number of nitrogens with zero attached hydrogens (tertiary/aromatic N) is 2. The second-order valence-corrected chi connectivity index (χ2v) is 5.90. The first-order valence-electron chi connectivity index (χ1n) is 7.66. The highest BCUT2D eigenvalue weighted by Crippen LogP contribution is 2.08. The molecule has 0 unspecified atom stereocenters. The van der Waals surface area contributed by atoms with Crippen molar-refractivity contribution in [2.45, 2.75) is 20.3 Å². The SMILES string of the molecule is CC(C)CN(CC(=O)Nc1ccon1)C(=O)Cc1ccc(F)cc1. The van der Waals surface area contributed by atoms with Crippen LogP contribution in [0.5, 0.6) is 0 Å². The van der Waals surface area contributed by atoms with E-state index in [9.17, 15) is 14.0 Å². The highest BCUT2D eigenvalue weighted by atomic mass is 19.1. The first-order valence-corrected chi connectivity index (χ1v) is 7.66. The minimum absolute atomic E-state index is 0.0783. The summed E-state index contributed by atoms with van der Waals surface area (Å²) in [5.41, 5.74) is 0.701. The van der Waals surface area contributed by atoms with Crippen molar-refractivity contribution in [2.24, 2.45) is 5.92 Å². The van der Waals surface area contributed by atoms with Gasteiger partial charge in [-0.1, -0.05) is 31.1 Å². The van der Waals surface area contributed by atoms with Crippen molar-refractivity contribution < 1.29 is 18.5 Å². The zero-order chi connectivity index (χ0) is 17.5. The maximum Gasteiger partial charge on any atom is 0.245 e. The highest BCUT2D eigenvalue weighted by Gasteiger charge is 2.19. The Morgan fingerprint density at radius 3 is 2.54 bits per heavy atom. The van der Waals surface area contributed by atoms with Crippen molar-refractivity contribution in [3.63, 3.8) is 0 Å². The molecule has 24 heavy (non-hydrogen) atoms. The summed E-state index contributed by atoms with van der Waals surface area (Å²) in [7, 11) is 0. The van der Waals surface area contributed by atoms with Gasteiger partial charge in [0.05, 0.1) is 13.0 Å². The van der Waals surface area contributed by atoms with Crippen LogP contribution in [0.3, 0.4) is 0 Å². The van der Waals surface area contributed by atoms with E-state index < -0.39 is 0 Å². The number of benzene rings is 1. The lowest BCUT2D eigenvalue weighted by Crippen LogP contribution is -2.41. The van der Waals surface area contributed by atoms with Crippen molar-refractivity contribution in [2.75, 3.05) is 18.4 Å². The summed E-state index contributed by atoms with van der Waals surface area (Å²) in [6.07, 6.45) is 1.46. The molecule has 0 fully saturated rings. The van der Waals surface area contributed by atoms with Crippen LogP contribution in [0.25, 0.3) is 0 Å². The van der Waals surface area contributed by atoms with Gasteiger partial charge in [-0.3, -0.25) is 9.59 Å². The Bertz CT molecular complexity index is 669. The second kappa shape index (κ2) is 8.24. The Morgan fingerprint density at radius 1 is 1.25 bits per heavy atom. The van der Waals surface area contributed by atoms with Crippen LogP contribution >= 0.6 is 0 Å². The van der Waals surface area contributed by atoms with Gasteiger partial charge in [0.15, 0.2) is 5.82 Å². The first-order chi connectivity index (χ1) is 11.4. The summed E-state index contributed by atoms with van der Waals surface area (Å²) in [5, 5.41) is 6.16. The first kappa shape index (κ1) is 17.7. The maximum absolute atomic E-state index is 12.9. The molecule has 1 N–H and O–H groups in total. The number of hydrogen-bond donors (Lipinski definition) is 1. The Labute approximate surface area is 139 Å². The summed E-state index contributed by atoms with van der Waals surface area (Å²) in [6.45, 7) is 4.30. The van der Waals surface area contributed by atoms with Gasteiger partial charge in [0, 0.05) is 12.6 Å². The van der Waals surface area contributed by atoms with Crippen LogP contribution in [0.4, 0.5) is 10.2 Å². The van der Waals surface area contributed by atoms with Gasteiger partial charge in [-0.15, -0.1) is 0 Å². The monoisotopic (exact) mass is 333 g/mol. The Morgan fingerprint density at radius 2 is 1.96 bits per heavy atom. The molecule has 1 heterocycles. The van der Waals surface area contributed by atoms with Crippen molar-refractivity contribution in [1.82, 2.24) is 10.1 Å². The van der Waals surface area contributed by atoms with Crippen molar-refractivity contribution in [3.8, 4) is 0 Å². The Balaban J connectivity index is 1.99. The normalized spacial score (nSPS) is 10.7. The third kappa shape index (κ3) is 5.49. The molecule has 0 saturated heterocycles. The average molecular weight is 333 g/mol. The topological polar surface area (TPSA) is 75.4 Å². The standard InChI is InChI=1S/C17H20FN3O3/c1-12(2)10-21(11-16(22)19-15-7-8-24-20-15)17(23)9-13-3-5-14(18)6-4-13/h3-8,12H,9-11H2,1-2H3,(H,19,20,22). The van der Waals surface area contributed by atoms with Crippen LogP contribution in [-0.4, -0.2) is 35.0 Å². The molecular weight excluding hydrogens is 313 g/mol. The molecule has 0 spiro atoms. The lowest BCUT2D eigenvalue weighted by atomic mass is 10.1. The minimum Gasteiger partial charge on any atom is -0.363 e. The van der Waals surface area contributed by atoms with Crippen LogP contribution in [0.2, 0.25) is 0 Å². The van der Waals surface area contributed by atoms with Crippen molar-refractivity contribution >= 4 is 17.6 Å². The van der Waals surface area contributed by atoms with Crippen LogP contribution in [0.1, 0.15) is 19.4 Å². The average Bonchev–Trinajstić information content (AvgIpc) is 3.01. The Kier molecular flexibility index (Phi) is 6.06. The molecule has 1 aromatic heterocycles. The molecule has 0 bridgehead atoms. The van der Waals surface area contributed by atoms with E-state index in [2.05, 4.69) is 15.0 Å². The molecular formula is C17H20FN3O3. The zero-order valence-corrected chi connectivity index (χ0v) is 13.7. The van der Waals surface area contributed by atoms with E-state index in [4.69, 9.17) is 0 Å². The number of anilines is 1. The molecule has 128 valence electrons. The highest BCUT2D eigenvalue weighted by molar-refractivity contribution is 5.94. The Hall–Kier alpha value is -2.70. The molecule has 0 aliphatic heterocycles. The number of aromatic nitrogens is 1. The zero-order valence-electron chi connectivity index (χ0n) is 13.7. The maximum atomic E-state index is 12.9. The molecule has 6 nitrogen and oxygen atoms in total. The van der Waals surface area contributed by atoms with Gasteiger partial charge >= 0.3 is 0 Å². The van der Waals surface area contributed by atoms with Crippen LogP contribution in [0.15, 0.2) is 41.1 Å². The predicted octanol–water partition coefficient (Wildman–Crippen LogP) is 2.48. The van der Waals surface area contributed by atoms with E-state index in [-0.39, 0.29) is 36.5 Å². The van der Waals surface area contributed by atoms with Gasteiger partial charge in [-0.25, -0.2) is 4.39 Å². The minimum atomic E-state index is -0.350. The van der Waals surface area contributed by atoms with Gasteiger partial charge in [0.2, 0.25) is 11.8 Å². The lowest BCUT2D eigenvalue weighted by Gasteiger charge is -2.24. The summed E-state index contributed by atoms with van der Waals surface area (Å²) in [4.78, 5) is 26.0. The molecule has 2 amide bonds. The van der Waals surface area contributed by atoms with Crippen LogP contribution < -0.4 is 5.32 Å². The fraction of sp³-hybridized carbons (Fsp3) is 0.353. The van der Waals surface area contributed by atoms with E-state index in [1.54, 1.807) is 12.1 Å². The fourth-order valence-corrected chi connectivity index (χ4v) is 2.22. The van der Waals surface area contributed by atoms with Gasteiger partial charge in [-0.2, -0.15) is 0 Å². The number of nitrogens with one attached hydrogen (secondary N) is 1. The largest absolute Gasteiger partial charge is 0.363 e. The van der Waals surface area contributed by atoms with E-state index in [1.807, 2.05) is 13.8 Å². The van der Waals surface area contributed by atoms with E-state index in [1.165, 1.54) is 29.4 Å². The molecule has 0 saturated carbocycles. The van der Waals surface area contributed by atoms with Crippen LogP contribution in [0, 0.1) is 11.7 Å². The third-order valence-corrected chi connectivity index (χ3v) is 3.25. The van der Waals surface area contributed by atoms with Gasteiger partial charge < -0.3 is 14.7 Å². The smallest absolute Gasteiger partial charge is 0.245 e. The van der Waals surface area contributed by atoms with Gasteiger partial charge in [-0.05, 0) is 23.6 Å². The summed E-state index contributed by atoms with van der Waals surface area (Å²) in [6, 6.07) is 7.27. The molecule has 0 atom stereocenters. The van der Waals surface area contributed by atoms with Gasteiger partial charge in [0.1, 0.15) is 12.1 Å². The van der Waals surface area contributed by atoms with Gasteiger partial charge in [0.25, 0.3) is 0 Å². The number of rotatable bonds is 7. The number of halogens is 1. The van der Waals surface area contributed by atoms with E-state index in [0.717, 1.165) is 0 Å². The molecule has 2 aromatic rings. The third-order valence-electron chi connectivity index (χ3n) is 3.25. The van der Waals surface area contributed by atoms with E-state index >= 15 is 0 Å². The quantitative estimate of drug-likeness (QED) is 0.844. The van der Waals surface area contributed by atoms with Crippen LogP contribution in [-0.2, 0) is 16.0 Å². The van der Waals surface area contributed by atoms with Crippen molar-refractivity contribution in [1.29, 1.82) is 0 Å². The number of carbonyl (C=O) groups is 2. The molecule has 2 rings (SSSR count). The van der Waals surface area contributed by atoms with Crippen molar-refractivity contribution in [3.05, 3.63) is 48.0 Å². The fourth-order valence-electron chi connectivity index (χ4n) is 2.22. The summed E-state index contributed by atoms with van der Waals surface area (Å²) in [5.74, 6) is -0.377. The molecule has 7 heteroatoms. The molecule has 0 aliphatic carbocycles. The number of amides is 2. The number of carbonyl (C=O) groups excluding carboxylic acids is 2. The van der Waals surface area contributed by atoms with E-state index in [0.29, 0.717) is 17.9 Å². The lowest BCUT2D eigenvalue weighted by molar-refractivity contribution is -0.134.